The third-order valence-corrected chi connectivity index (χ3v) is 1.80. The van der Waals surface area contributed by atoms with E-state index in [0.717, 1.165) is 0 Å². The molecule has 5 nitrogen and oxygen atoms in total. The summed E-state index contributed by atoms with van der Waals surface area (Å²) in [5.41, 5.74) is 0.0787. The van der Waals surface area contributed by atoms with Gasteiger partial charge in [0.05, 0.1) is 5.56 Å². The lowest BCUT2D eigenvalue weighted by Gasteiger charge is -2.01. The van der Waals surface area contributed by atoms with E-state index in [1.165, 1.54) is 18.2 Å². The molecule has 2 rings (SSSR count). The Kier molecular flexibility index (Phi) is 2.24. The number of nitrogens with zero attached hydrogens (tertiary/aromatic N) is 4. The molecule has 0 radical (unpaired) electrons. The molecule has 0 unspecified atom stereocenters. The molecule has 1 aromatic carbocycles. The summed E-state index contributed by atoms with van der Waals surface area (Å²) < 4.78 is 13.4. The van der Waals surface area contributed by atoms with Crippen LogP contribution >= 0.6 is 0 Å². The summed E-state index contributed by atoms with van der Waals surface area (Å²) in [5.74, 6) is -0.769. The summed E-state index contributed by atoms with van der Waals surface area (Å²) >= 11 is 0. The predicted octanol–water partition coefficient (Wildman–Crippen LogP) is 1.09. The summed E-state index contributed by atoms with van der Waals surface area (Å²) in [6.45, 7) is 1.63. The molecule has 76 valence electrons. The van der Waals surface area contributed by atoms with Crippen molar-refractivity contribution in [3.8, 4) is 17.1 Å². The van der Waals surface area contributed by atoms with Gasteiger partial charge in [0.2, 0.25) is 5.82 Å². The number of phenolic OH excluding ortho intramolecular Hbond substituents is 1. The second kappa shape index (κ2) is 3.56. The van der Waals surface area contributed by atoms with Crippen LogP contribution in [0.25, 0.3) is 11.4 Å². The summed E-state index contributed by atoms with van der Waals surface area (Å²) in [4.78, 5) is 0. The fourth-order valence-electron chi connectivity index (χ4n) is 1.08. The molecule has 0 saturated heterocycles. The fourth-order valence-corrected chi connectivity index (χ4v) is 1.08. The summed E-state index contributed by atoms with van der Waals surface area (Å²) in [6, 6.07) is 4.19. The second-order valence-corrected chi connectivity index (χ2v) is 2.91. The maximum Gasteiger partial charge on any atom is 0.206 e. The van der Waals surface area contributed by atoms with E-state index in [9.17, 15) is 4.39 Å². The third-order valence-electron chi connectivity index (χ3n) is 1.80. The molecule has 1 heterocycles. The Morgan fingerprint density at radius 1 is 1.13 bits per heavy atom. The zero-order chi connectivity index (χ0) is 10.8. The molecule has 1 N–H and O–H groups in total. The minimum atomic E-state index is -0.773. The van der Waals surface area contributed by atoms with Crippen LogP contribution in [0.3, 0.4) is 0 Å². The van der Waals surface area contributed by atoms with Gasteiger partial charge in [0.25, 0.3) is 0 Å². The van der Waals surface area contributed by atoms with Crippen molar-refractivity contribution in [2.45, 2.75) is 6.92 Å². The number of phenols is 1. The quantitative estimate of drug-likeness (QED) is 0.756. The monoisotopic (exact) mass is 206 g/mol. The van der Waals surface area contributed by atoms with Crippen molar-refractivity contribution in [3.05, 3.63) is 29.8 Å². The molecular weight excluding hydrogens is 199 g/mol. The Morgan fingerprint density at radius 3 is 2.47 bits per heavy atom. The highest BCUT2D eigenvalue weighted by molar-refractivity contribution is 5.57. The lowest BCUT2D eigenvalue weighted by atomic mass is 10.2. The minimum Gasteiger partial charge on any atom is -0.505 e. The molecule has 0 aliphatic carbocycles. The average Bonchev–Trinajstić information content (AvgIpc) is 2.24. The van der Waals surface area contributed by atoms with Crippen LogP contribution in [-0.2, 0) is 0 Å². The Hall–Kier alpha value is -2.11. The number of rotatable bonds is 1. The number of aryl methyl sites for hydroxylation is 1. The van der Waals surface area contributed by atoms with Crippen LogP contribution in [0.15, 0.2) is 18.2 Å². The minimum absolute atomic E-state index is 0.0500. The highest BCUT2D eigenvalue weighted by Gasteiger charge is 2.12. The maximum atomic E-state index is 13.4. The number of aromatic hydroxyl groups is 1. The Morgan fingerprint density at radius 2 is 1.80 bits per heavy atom. The van der Waals surface area contributed by atoms with Crippen LogP contribution in [0.2, 0.25) is 0 Å². The van der Waals surface area contributed by atoms with Crippen LogP contribution in [0, 0.1) is 12.7 Å². The van der Waals surface area contributed by atoms with Crippen molar-refractivity contribution in [3.63, 3.8) is 0 Å². The molecule has 2 aromatic rings. The van der Waals surface area contributed by atoms with Crippen LogP contribution in [0.4, 0.5) is 4.39 Å². The first-order valence-corrected chi connectivity index (χ1v) is 4.20. The molecule has 0 spiro atoms. The largest absolute Gasteiger partial charge is 0.505 e. The van der Waals surface area contributed by atoms with Crippen molar-refractivity contribution >= 4 is 0 Å². The molecule has 0 aliphatic heterocycles. The Labute approximate surface area is 84.6 Å². The molecule has 0 aliphatic rings. The Bertz CT molecular complexity index is 486. The van der Waals surface area contributed by atoms with Crippen molar-refractivity contribution in [2.24, 2.45) is 0 Å². The van der Waals surface area contributed by atoms with E-state index in [0.29, 0.717) is 5.82 Å². The molecule has 1 aromatic heterocycles. The van der Waals surface area contributed by atoms with E-state index >= 15 is 0 Å². The molecule has 6 heteroatoms. The van der Waals surface area contributed by atoms with Crippen molar-refractivity contribution in [1.82, 2.24) is 20.4 Å². The van der Waals surface area contributed by atoms with Crippen LogP contribution in [-0.4, -0.2) is 25.5 Å². The predicted molar refractivity (Wildman–Crippen MR) is 49.4 cm³/mol. The number of hydrogen-bond donors (Lipinski definition) is 1. The number of benzene rings is 1. The van der Waals surface area contributed by atoms with E-state index in [-0.39, 0.29) is 11.4 Å². The van der Waals surface area contributed by atoms with Gasteiger partial charge in [0.15, 0.2) is 17.4 Å². The first-order valence-electron chi connectivity index (χ1n) is 4.20. The number of aromatic nitrogens is 4. The average molecular weight is 206 g/mol. The van der Waals surface area contributed by atoms with Gasteiger partial charge in [-0.2, -0.15) is 0 Å². The van der Waals surface area contributed by atoms with Gasteiger partial charge in [-0.15, -0.1) is 20.4 Å². The maximum absolute atomic E-state index is 13.4. The first kappa shape index (κ1) is 9.45. The summed E-state index contributed by atoms with van der Waals surface area (Å²) in [5, 5.41) is 23.8. The van der Waals surface area contributed by atoms with Crippen molar-refractivity contribution in [2.75, 3.05) is 0 Å². The molecule has 0 bridgehead atoms. The summed E-state index contributed by atoms with van der Waals surface area (Å²) in [7, 11) is 0. The normalized spacial score (nSPS) is 10.3. The second-order valence-electron chi connectivity index (χ2n) is 2.91. The smallest absolute Gasteiger partial charge is 0.206 e. The summed E-state index contributed by atoms with van der Waals surface area (Å²) in [6.07, 6.45) is 0. The van der Waals surface area contributed by atoms with E-state index in [2.05, 4.69) is 20.4 Å². The lowest BCUT2D eigenvalue weighted by Crippen LogP contribution is -1.99. The van der Waals surface area contributed by atoms with E-state index in [1.807, 2.05) is 0 Å². The van der Waals surface area contributed by atoms with Gasteiger partial charge in [0, 0.05) is 0 Å². The van der Waals surface area contributed by atoms with Crippen molar-refractivity contribution < 1.29 is 9.50 Å². The zero-order valence-electron chi connectivity index (χ0n) is 7.85. The number of halogens is 1. The van der Waals surface area contributed by atoms with Gasteiger partial charge in [-0.05, 0) is 19.1 Å². The molecule has 0 amide bonds. The first-order chi connectivity index (χ1) is 7.18. The number of hydrogen-bond acceptors (Lipinski definition) is 5. The highest BCUT2D eigenvalue weighted by Crippen LogP contribution is 2.24. The molecule has 0 atom stereocenters. The third kappa shape index (κ3) is 1.74. The van der Waals surface area contributed by atoms with Gasteiger partial charge >= 0.3 is 0 Å². The fraction of sp³-hybridized carbons (Fsp3) is 0.111. The topological polar surface area (TPSA) is 71.8 Å². The van der Waals surface area contributed by atoms with Gasteiger partial charge in [-0.25, -0.2) is 4.39 Å². The van der Waals surface area contributed by atoms with Gasteiger partial charge in [-0.1, -0.05) is 6.07 Å². The SMILES string of the molecule is Cc1nnc(-c2cccc(O)c2F)nn1. The van der Waals surface area contributed by atoms with E-state index < -0.39 is 11.6 Å². The highest BCUT2D eigenvalue weighted by atomic mass is 19.1. The lowest BCUT2D eigenvalue weighted by molar-refractivity contribution is 0.433. The van der Waals surface area contributed by atoms with E-state index in [4.69, 9.17) is 5.11 Å². The molecule has 15 heavy (non-hydrogen) atoms. The van der Waals surface area contributed by atoms with Crippen LogP contribution in [0.5, 0.6) is 5.75 Å². The molecular formula is C9H7FN4O. The van der Waals surface area contributed by atoms with Crippen LogP contribution < -0.4 is 0 Å². The van der Waals surface area contributed by atoms with Gasteiger partial charge < -0.3 is 5.11 Å². The molecule has 0 saturated carbocycles. The van der Waals surface area contributed by atoms with Crippen LogP contribution in [0.1, 0.15) is 5.82 Å². The van der Waals surface area contributed by atoms with E-state index in [1.54, 1.807) is 6.92 Å². The van der Waals surface area contributed by atoms with Gasteiger partial charge in [0.1, 0.15) is 0 Å². The zero-order valence-corrected chi connectivity index (χ0v) is 7.85. The van der Waals surface area contributed by atoms with Crippen molar-refractivity contribution in [1.29, 1.82) is 0 Å². The standard InChI is InChI=1S/C9H7FN4O/c1-5-11-13-9(14-12-5)6-3-2-4-7(15)8(6)10/h2-4,15H,1H3. The molecule has 0 fully saturated rings. The van der Waals surface area contributed by atoms with Gasteiger partial charge in [-0.3, -0.25) is 0 Å². The Balaban J connectivity index is 2.54.